The van der Waals surface area contributed by atoms with Gasteiger partial charge in [-0.15, -0.1) is 13.2 Å². The molecule has 2 amide bonds. The fourth-order valence-corrected chi connectivity index (χ4v) is 5.57. The van der Waals surface area contributed by atoms with Gasteiger partial charge in [-0.1, -0.05) is 12.1 Å². The molecule has 8 nitrogen and oxygen atoms in total. The molecule has 2 aliphatic heterocycles. The summed E-state index contributed by atoms with van der Waals surface area (Å²) in [7, 11) is -0.904. The summed E-state index contributed by atoms with van der Waals surface area (Å²) in [5, 5.41) is 16.5. The number of aromatic nitrogens is 2. The Bertz CT molecular complexity index is 1000. The minimum absolute atomic E-state index is 0.0117. The third-order valence-corrected chi connectivity index (χ3v) is 7.48. The van der Waals surface area contributed by atoms with E-state index < -0.39 is 17.2 Å². The van der Waals surface area contributed by atoms with Crippen LogP contribution in [-0.4, -0.2) is 86.0 Å². The zero-order valence-electron chi connectivity index (χ0n) is 18.5. The van der Waals surface area contributed by atoms with Crippen LogP contribution < -0.4 is 4.74 Å². The lowest BCUT2D eigenvalue weighted by molar-refractivity contribution is -0.274. The van der Waals surface area contributed by atoms with E-state index in [1.807, 2.05) is 6.07 Å². The van der Waals surface area contributed by atoms with Gasteiger partial charge >= 0.3 is 12.4 Å². The van der Waals surface area contributed by atoms with Crippen LogP contribution in [0.25, 0.3) is 0 Å². The summed E-state index contributed by atoms with van der Waals surface area (Å²) in [6.45, 7) is 1.73. The maximum Gasteiger partial charge on any atom is 0.573 e. The van der Waals surface area contributed by atoms with Crippen molar-refractivity contribution < 1.29 is 32.0 Å². The number of carbonyl (C=O) groups excluding carboxylic acids is 1. The first kappa shape index (κ1) is 24.5. The quantitative estimate of drug-likeness (QED) is 0.658. The summed E-state index contributed by atoms with van der Waals surface area (Å²) in [6, 6.07) is 7.52. The summed E-state index contributed by atoms with van der Waals surface area (Å²) in [6.07, 6.45) is -3.65. The van der Waals surface area contributed by atoms with E-state index in [9.17, 15) is 27.3 Å². The van der Waals surface area contributed by atoms with Crippen LogP contribution in [0.1, 0.15) is 35.2 Å². The number of aromatic amines is 1. The van der Waals surface area contributed by atoms with Gasteiger partial charge in [0.15, 0.2) is 0 Å². The highest BCUT2D eigenvalue weighted by Crippen LogP contribution is 2.37. The highest BCUT2D eigenvalue weighted by atomic mass is 32.2. The van der Waals surface area contributed by atoms with Crippen LogP contribution in [0.5, 0.6) is 5.75 Å². The second-order valence-electron chi connectivity index (χ2n) is 8.56. The van der Waals surface area contributed by atoms with Crippen molar-refractivity contribution >= 4 is 16.8 Å². The number of ether oxygens (including phenoxy) is 1. The van der Waals surface area contributed by atoms with Crippen LogP contribution in [0, 0.1) is 0 Å². The third kappa shape index (κ3) is 6.09. The highest BCUT2D eigenvalue weighted by Gasteiger charge is 2.36. The molecule has 0 radical (unpaired) electrons. The number of alkyl halides is 3. The van der Waals surface area contributed by atoms with Crippen LogP contribution in [0.2, 0.25) is 0 Å². The monoisotopic (exact) mass is 500 g/mol. The molecule has 2 saturated heterocycles. The molecule has 0 bridgehead atoms. The molecule has 2 unspecified atom stereocenters. The number of urea groups is 1. The van der Waals surface area contributed by atoms with E-state index in [-0.39, 0.29) is 30.2 Å². The summed E-state index contributed by atoms with van der Waals surface area (Å²) < 4.78 is 53.2. The van der Waals surface area contributed by atoms with Gasteiger partial charge in [-0.2, -0.15) is 5.10 Å². The average molecular weight is 501 g/mol. The average Bonchev–Trinajstić information content (AvgIpc) is 3.27. The van der Waals surface area contributed by atoms with Crippen molar-refractivity contribution in [3.63, 3.8) is 0 Å². The van der Waals surface area contributed by atoms with Gasteiger partial charge in [0.2, 0.25) is 0 Å². The Balaban J connectivity index is 1.55. The van der Waals surface area contributed by atoms with Crippen LogP contribution in [0.3, 0.4) is 0 Å². The Hall–Kier alpha value is -2.60. The molecule has 0 saturated carbocycles. The first-order chi connectivity index (χ1) is 16.2. The Morgan fingerprint density at radius 2 is 1.82 bits per heavy atom. The predicted molar refractivity (Wildman–Crippen MR) is 119 cm³/mol. The molecule has 1 aromatic heterocycles. The molecule has 2 aromatic rings. The van der Waals surface area contributed by atoms with Crippen molar-refractivity contribution in [1.29, 1.82) is 0 Å². The van der Waals surface area contributed by atoms with Gasteiger partial charge in [0.1, 0.15) is 5.75 Å². The zero-order valence-corrected chi connectivity index (χ0v) is 19.3. The SMILES string of the molecule is O=C(N1CCS(=O)CC1)N1CC(c2ccc(OC(F)(F)F)cc2)CC(c2cc(CCO)[nH]n2)C1. The number of hydrogen-bond donors (Lipinski definition) is 2. The number of halogens is 3. The molecule has 2 atom stereocenters. The number of nitrogens with zero attached hydrogens (tertiary/aromatic N) is 3. The molecule has 2 N–H and O–H groups in total. The van der Waals surface area contributed by atoms with Gasteiger partial charge in [0.05, 0.1) is 5.69 Å². The standard InChI is InChI=1S/C22H27F3N4O4S/c23-22(24,25)33-19-3-1-15(2-4-19)16-11-17(20-12-18(5-8-30)26-27-20)14-29(13-16)21(31)28-6-9-34(32)10-7-28/h1-4,12,16-17,30H,5-11,13-14H2,(H,26,27). The number of likely N-dealkylation sites (tertiary alicyclic amines) is 1. The lowest BCUT2D eigenvalue weighted by Crippen LogP contribution is -2.52. The lowest BCUT2D eigenvalue weighted by Gasteiger charge is -2.40. The van der Waals surface area contributed by atoms with Gasteiger partial charge in [0, 0.05) is 79.0 Å². The maximum absolute atomic E-state index is 13.3. The summed E-state index contributed by atoms with van der Waals surface area (Å²) in [5.41, 5.74) is 2.38. The van der Waals surface area contributed by atoms with E-state index in [1.54, 1.807) is 21.9 Å². The van der Waals surface area contributed by atoms with E-state index in [4.69, 9.17) is 0 Å². The number of amides is 2. The minimum Gasteiger partial charge on any atom is -0.406 e. The van der Waals surface area contributed by atoms with Crippen LogP contribution >= 0.6 is 0 Å². The second kappa shape index (κ2) is 10.3. The molecule has 0 aliphatic carbocycles. The number of nitrogens with one attached hydrogen (secondary N) is 1. The molecule has 0 spiro atoms. The molecule has 3 heterocycles. The second-order valence-corrected chi connectivity index (χ2v) is 10.3. The first-order valence-electron chi connectivity index (χ1n) is 11.1. The highest BCUT2D eigenvalue weighted by molar-refractivity contribution is 7.85. The Labute approximate surface area is 197 Å². The molecule has 1 aromatic carbocycles. The normalized spacial score (nSPS) is 22.1. The van der Waals surface area contributed by atoms with Crippen LogP contribution in [0.15, 0.2) is 30.3 Å². The van der Waals surface area contributed by atoms with E-state index >= 15 is 0 Å². The summed E-state index contributed by atoms with van der Waals surface area (Å²) in [5.74, 6) is 0.420. The van der Waals surface area contributed by atoms with E-state index in [1.165, 1.54) is 12.1 Å². The van der Waals surface area contributed by atoms with Crippen molar-refractivity contribution in [3.05, 3.63) is 47.3 Å². The van der Waals surface area contributed by atoms with Gasteiger partial charge in [-0.05, 0) is 30.2 Å². The maximum atomic E-state index is 13.3. The van der Waals surface area contributed by atoms with Gasteiger partial charge < -0.3 is 19.6 Å². The summed E-state index contributed by atoms with van der Waals surface area (Å²) >= 11 is 0. The largest absolute Gasteiger partial charge is 0.573 e. The molecule has 12 heteroatoms. The molecule has 4 rings (SSSR count). The van der Waals surface area contributed by atoms with E-state index in [0.29, 0.717) is 50.5 Å². The van der Waals surface area contributed by atoms with Crippen molar-refractivity contribution in [1.82, 2.24) is 20.0 Å². The van der Waals surface area contributed by atoms with Crippen molar-refractivity contribution in [2.24, 2.45) is 0 Å². The molecule has 34 heavy (non-hydrogen) atoms. The van der Waals surface area contributed by atoms with Crippen molar-refractivity contribution in [2.75, 3.05) is 44.3 Å². The number of aliphatic hydroxyl groups excluding tert-OH is 1. The molecule has 2 aliphatic rings. The number of rotatable bonds is 5. The topological polar surface area (TPSA) is 98.8 Å². The van der Waals surface area contributed by atoms with E-state index in [2.05, 4.69) is 14.9 Å². The molecule has 2 fully saturated rings. The number of aliphatic hydroxyl groups is 1. The lowest BCUT2D eigenvalue weighted by atomic mass is 9.83. The number of hydrogen-bond acceptors (Lipinski definition) is 5. The zero-order chi connectivity index (χ0) is 24.3. The Kier molecular flexibility index (Phi) is 7.46. The number of benzene rings is 1. The molecular weight excluding hydrogens is 473 g/mol. The fourth-order valence-electron chi connectivity index (χ4n) is 4.52. The van der Waals surface area contributed by atoms with E-state index in [0.717, 1.165) is 17.0 Å². The third-order valence-electron chi connectivity index (χ3n) is 6.20. The Morgan fingerprint density at radius 3 is 2.47 bits per heavy atom. The predicted octanol–water partition coefficient (Wildman–Crippen LogP) is 2.60. The van der Waals surface area contributed by atoms with Gasteiger partial charge in [0.25, 0.3) is 0 Å². The van der Waals surface area contributed by atoms with Crippen LogP contribution in [0.4, 0.5) is 18.0 Å². The number of carbonyl (C=O) groups is 1. The smallest absolute Gasteiger partial charge is 0.406 e. The Morgan fingerprint density at radius 1 is 1.15 bits per heavy atom. The number of piperidine rings is 1. The first-order valence-corrected chi connectivity index (χ1v) is 12.6. The van der Waals surface area contributed by atoms with Gasteiger partial charge in [-0.3, -0.25) is 9.31 Å². The number of H-pyrrole nitrogens is 1. The van der Waals surface area contributed by atoms with Crippen LogP contribution in [-0.2, 0) is 17.2 Å². The fraction of sp³-hybridized carbons (Fsp3) is 0.545. The summed E-state index contributed by atoms with van der Waals surface area (Å²) in [4.78, 5) is 16.7. The van der Waals surface area contributed by atoms with Crippen molar-refractivity contribution in [2.45, 2.75) is 31.0 Å². The van der Waals surface area contributed by atoms with Crippen molar-refractivity contribution in [3.8, 4) is 5.75 Å². The molecular formula is C22H27F3N4O4S. The molecule has 186 valence electrons. The minimum atomic E-state index is -4.76. The van der Waals surface area contributed by atoms with Gasteiger partial charge in [-0.25, -0.2) is 4.79 Å².